The van der Waals surface area contributed by atoms with Gasteiger partial charge in [-0.15, -0.1) is 0 Å². The van der Waals surface area contributed by atoms with Gasteiger partial charge in [0.05, 0.1) is 25.4 Å². The van der Waals surface area contributed by atoms with E-state index in [0.717, 1.165) is 36.9 Å². The summed E-state index contributed by atoms with van der Waals surface area (Å²) in [6.45, 7) is 7.29. The molecular formula is C30H41F2NO4. The highest BCUT2D eigenvalue weighted by Gasteiger charge is 2.27. The van der Waals surface area contributed by atoms with Crippen LogP contribution in [-0.2, 0) is 27.1 Å². The number of hydrogen-bond donors (Lipinski definition) is 1. The van der Waals surface area contributed by atoms with E-state index in [1.807, 2.05) is 25.1 Å². The molecule has 2 aromatic rings. The number of aliphatic hydroxyl groups excluding tert-OH is 1. The molecule has 1 fully saturated rings. The van der Waals surface area contributed by atoms with E-state index in [0.29, 0.717) is 50.0 Å². The Labute approximate surface area is 219 Å². The van der Waals surface area contributed by atoms with Crippen LogP contribution in [0.5, 0.6) is 0 Å². The lowest BCUT2D eigenvalue weighted by Gasteiger charge is -2.28. The quantitative estimate of drug-likeness (QED) is 0.258. The summed E-state index contributed by atoms with van der Waals surface area (Å²) in [5.41, 5.74) is 2.98. The number of carbonyl (C=O) groups is 1. The number of β-amino-alcohol motifs (C(OH)–C–C–N with tert-alkyl or cyclic N) is 1. The van der Waals surface area contributed by atoms with Crippen LogP contribution < -0.4 is 0 Å². The van der Waals surface area contributed by atoms with Crippen molar-refractivity contribution in [3.63, 3.8) is 0 Å². The minimum absolute atomic E-state index is 0.141. The van der Waals surface area contributed by atoms with E-state index in [1.165, 1.54) is 6.07 Å². The van der Waals surface area contributed by atoms with E-state index in [4.69, 9.17) is 9.47 Å². The maximum Gasteiger partial charge on any atom is 0.305 e. The molecule has 1 N–H and O–H groups in total. The number of aliphatic hydroxyl groups is 1. The van der Waals surface area contributed by atoms with Crippen molar-refractivity contribution in [2.24, 2.45) is 0 Å². The van der Waals surface area contributed by atoms with Crippen LogP contribution in [0.25, 0.3) is 0 Å². The SMILES string of the molecule is CCOC(=O)CCCCc1c(F)cccc1[C@@H](C)OC[C@H](O)CN1CCC[C@H]1Cc1ccc(C)c(F)c1. The average molecular weight is 518 g/mol. The third-order valence-corrected chi connectivity index (χ3v) is 7.15. The molecule has 3 atom stereocenters. The number of unbranched alkanes of at least 4 members (excludes halogenated alkanes) is 1. The Balaban J connectivity index is 1.49. The first-order chi connectivity index (χ1) is 17.8. The summed E-state index contributed by atoms with van der Waals surface area (Å²) in [6.07, 6.45) is 3.89. The fourth-order valence-corrected chi connectivity index (χ4v) is 5.09. The first-order valence-corrected chi connectivity index (χ1v) is 13.5. The number of ether oxygens (including phenoxy) is 2. The normalized spacial score (nSPS) is 17.6. The Morgan fingerprint density at radius 2 is 2.00 bits per heavy atom. The molecule has 0 aliphatic carbocycles. The highest BCUT2D eigenvalue weighted by molar-refractivity contribution is 5.69. The summed E-state index contributed by atoms with van der Waals surface area (Å²) in [5, 5.41) is 10.7. The van der Waals surface area contributed by atoms with Crippen molar-refractivity contribution in [3.05, 3.63) is 70.3 Å². The molecule has 1 heterocycles. The first-order valence-electron chi connectivity index (χ1n) is 13.5. The second-order valence-corrected chi connectivity index (χ2v) is 10.0. The molecule has 1 saturated heterocycles. The standard InChI is InChI=1S/C30H41F2NO4/c1-4-36-30(35)13-6-5-10-27-26(11-7-12-28(27)31)22(3)37-20-25(34)19-33-16-8-9-24(33)17-23-15-14-21(2)29(32)18-23/h7,11-12,14-15,18,22,24-25,34H,4-6,8-10,13,16-17,19-20H2,1-3H3/t22-,24+,25-/m1/s1. The van der Waals surface area contributed by atoms with Crippen molar-refractivity contribution < 1.29 is 28.2 Å². The lowest BCUT2D eigenvalue weighted by molar-refractivity contribution is -0.143. The Hall–Kier alpha value is -2.35. The zero-order chi connectivity index (χ0) is 26.8. The average Bonchev–Trinajstić information content (AvgIpc) is 3.29. The number of esters is 1. The van der Waals surface area contributed by atoms with Crippen LogP contribution in [0.1, 0.15) is 74.3 Å². The van der Waals surface area contributed by atoms with E-state index in [-0.39, 0.29) is 36.4 Å². The van der Waals surface area contributed by atoms with Gasteiger partial charge < -0.3 is 14.6 Å². The van der Waals surface area contributed by atoms with E-state index < -0.39 is 6.10 Å². The fraction of sp³-hybridized carbons (Fsp3) is 0.567. The van der Waals surface area contributed by atoms with E-state index in [2.05, 4.69) is 4.90 Å². The molecule has 5 nitrogen and oxygen atoms in total. The minimum atomic E-state index is -0.681. The Morgan fingerprint density at radius 3 is 2.76 bits per heavy atom. The fourth-order valence-electron chi connectivity index (χ4n) is 5.09. The van der Waals surface area contributed by atoms with Gasteiger partial charge >= 0.3 is 5.97 Å². The molecule has 0 amide bonds. The molecule has 204 valence electrons. The van der Waals surface area contributed by atoms with Crippen LogP contribution in [-0.4, -0.2) is 54.4 Å². The maximum absolute atomic E-state index is 14.6. The number of nitrogens with zero attached hydrogens (tertiary/aromatic N) is 1. The van der Waals surface area contributed by atoms with Gasteiger partial charge in [-0.25, -0.2) is 8.78 Å². The summed E-state index contributed by atoms with van der Waals surface area (Å²) in [7, 11) is 0. The van der Waals surface area contributed by atoms with Gasteiger partial charge in [0.25, 0.3) is 0 Å². The number of rotatable bonds is 14. The van der Waals surface area contributed by atoms with Gasteiger partial charge in [-0.1, -0.05) is 24.3 Å². The molecule has 37 heavy (non-hydrogen) atoms. The van der Waals surface area contributed by atoms with Crippen molar-refractivity contribution in [2.45, 2.75) is 84.0 Å². The topological polar surface area (TPSA) is 59.0 Å². The summed E-state index contributed by atoms with van der Waals surface area (Å²) in [6, 6.07) is 10.6. The van der Waals surface area contributed by atoms with Gasteiger partial charge in [0.15, 0.2) is 0 Å². The van der Waals surface area contributed by atoms with Gasteiger partial charge in [-0.3, -0.25) is 9.69 Å². The number of likely N-dealkylation sites (tertiary alicyclic amines) is 1. The zero-order valence-corrected chi connectivity index (χ0v) is 22.3. The first kappa shape index (κ1) is 29.2. The van der Waals surface area contributed by atoms with E-state index >= 15 is 0 Å². The Bertz CT molecular complexity index is 1020. The third-order valence-electron chi connectivity index (χ3n) is 7.15. The van der Waals surface area contributed by atoms with Gasteiger partial charge in [0.2, 0.25) is 0 Å². The molecule has 0 radical (unpaired) electrons. The number of aryl methyl sites for hydroxylation is 1. The molecule has 7 heteroatoms. The molecule has 0 unspecified atom stereocenters. The molecule has 1 aliphatic rings. The molecule has 0 saturated carbocycles. The minimum Gasteiger partial charge on any atom is -0.466 e. The molecular weight excluding hydrogens is 476 g/mol. The van der Waals surface area contributed by atoms with Gasteiger partial charge in [0, 0.05) is 19.0 Å². The number of halogens is 2. The molecule has 2 aromatic carbocycles. The Kier molecular flexibility index (Phi) is 11.5. The van der Waals surface area contributed by atoms with Crippen molar-refractivity contribution in [2.75, 3.05) is 26.3 Å². The van der Waals surface area contributed by atoms with Crippen LogP contribution in [0.4, 0.5) is 8.78 Å². The molecule has 0 spiro atoms. The van der Waals surface area contributed by atoms with Crippen molar-refractivity contribution in [1.82, 2.24) is 4.90 Å². The second-order valence-electron chi connectivity index (χ2n) is 10.0. The van der Waals surface area contributed by atoms with Gasteiger partial charge in [-0.2, -0.15) is 0 Å². The van der Waals surface area contributed by atoms with Crippen molar-refractivity contribution in [3.8, 4) is 0 Å². The molecule has 1 aliphatic heterocycles. The molecule has 0 bridgehead atoms. The predicted octanol–water partition coefficient (Wildman–Crippen LogP) is 5.69. The highest BCUT2D eigenvalue weighted by atomic mass is 19.1. The highest BCUT2D eigenvalue weighted by Crippen LogP contribution is 2.26. The largest absolute Gasteiger partial charge is 0.466 e. The summed E-state index contributed by atoms with van der Waals surface area (Å²) in [5.74, 6) is -0.689. The van der Waals surface area contributed by atoms with Crippen molar-refractivity contribution in [1.29, 1.82) is 0 Å². The van der Waals surface area contributed by atoms with Crippen molar-refractivity contribution >= 4 is 5.97 Å². The van der Waals surface area contributed by atoms with Crippen LogP contribution in [0.2, 0.25) is 0 Å². The lowest BCUT2D eigenvalue weighted by Crippen LogP contribution is -2.39. The van der Waals surface area contributed by atoms with Crippen LogP contribution in [0, 0.1) is 18.6 Å². The molecule has 0 aromatic heterocycles. The third kappa shape index (κ3) is 8.87. The predicted molar refractivity (Wildman–Crippen MR) is 140 cm³/mol. The monoisotopic (exact) mass is 517 g/mol. The second kappa shape index (κ2) is 14.6. The van der Waals surface area contributed by atoms with Crippen LogP contribution >= 0.6 is 0 Å². The van der Waals surface area contributed by atoms with Crippen LogP contribution in [0.15, 0.2) is 36.4 Å². The van der Waals surface area contributed by atoms with Crippen LogP contribution in [0.3, 0.4) is 0 Å². The van der Waals surface area contributed by atoms with Gasteiger partial charge in [0.1, 0.15) is 11.6 Å². The summed E-state index contributed by atoms with van der Waals surface area (Å²) in [4.78, 5) is 13.8. The Morgan fingerprint density at radius 1 is 1.19 bits per heavy atom. The summed E-state index contributed by atoms with van der Waals surface area (Å²) < 4.78 is 39.5. The molecule has 3 rings (SSSR count). The summed E-state index contributed by atoms with van der Waals surface area (Å²) >= 11 is 0. The van der Waals surface area contributed by atoms with Gasteiger partial charge in [-0.05, 0) is 100 Å². The number of carbonyl (C=O) groups excluding carboxylic acids is 1. The smallest absolute Gasteiger partial charge is 0.305 e. The zero-order valence-electron chi connectivity index (χ0n) is 22.3. The lowest BCUT2D eigenvalue weighted by atomic mass is 9.97. The number of hydrogen-bond acceptors (Lipinski definition) is 5. The van der Waals surface area contributed by atoms with E-state index in [1.54, 1.807) is 26.0 Å². The maximum atomic E-state index is 14.6. The number of benzene rings is 2. The van der Waals surface area contributed by atoms with E-state index in [9.17, 15) is 18.7 Å².